The van der Waals surface area contributed by atoms with Crippen LogP contribution in [0.3, 0.4) is 0 Å². The molecule has 0 radical (unpaired) electrons. The Labute approximate surface area is 135 Å². The summed E-state index contributed by atoms with van der Waals surface area (Å²) >= 11 is 5.36. The molecule has 0 aromatic carbocycles. The van der Waals surface area contributed by atoms with Gasteiger partial charge in [0.05, 0.1) is 6.04 Å². The number of hydrogen-bond donors (Lipinski definition) is 1. The molecule has 0 aliphatic carbocycles. The van der Waals surface area contributed by atoms with Crippen LogP contribution in [0.25, 0.3) is 0 Å². The van der Waals surface area contributed by atoms with Crippen molar-refractivity contribution in [3.63, 3.8) is 0 Å². The second kappa shape index (κ2) is 7.36. The summed E-state index contributed by atoms with van der Waals surface area (Å²) in [5.74, 6) is 0. The summed E-state index contributed by atoms with van der Waals surface area (Å²) in [6, 6.07) is 3.43. The van der Waals surface area contributed by atoms with E-state index >= 15 is 0 Å². The molecule has 1 aliphatic heterocycles. The molecule has 1 saturated heterocycles. The van der Waals surface area contributed by atoms with Crippen LogP contribution in [0.15, 0.2) is 15.9 Å². The zero-order valence-corrected chi connectivity index (χ0v) is 15.1. The lowest BCUT2D eigenvalue weighted by atomic mass is 10.1. The van der Waals surface area contributed by atoms with E-state index in [-0.39, 0.29) is 6.04 Å². The Kier molecular flexibility index (Phi) is 6.05. The monoisotopic (exact) mass is 359 g/mol. The van der Waals surface area contributed by atoms with Gasteiger partial charge in [0.2, 0.25) is 0 Å². The maximum Gasteiger partial charge on any atom is 0.0592 e. The fraction of sp³-hybridized carbons (Fsp3) is 0.733. The van der Waals surface area contributed by atoms with Gasteiger partial charge in [0.25, 0.3) is 0 Å². The lowest BCUT2D eigenvalue weighted by Crippen LogP contribution is -2.52. The predicted octanol–water partition coefficient (Wildman–Crippen LogP) is 3.32. The summed E-state index contributed by atoms with van der Waals surface area (Å²) in [5, 5.41) is 2.15. The fourth-order valence-electron chi connectivity index (χ4n) is 2.97. The third kappa shape index (κ3) is 3.83. The first kappa shape index (κ1) is 16.4. The van der Waals surface area contributed by atoms with Crippen molar-refractivity contribution in [2.45, 2.75) is 45.3 Å². The van der Waals surface area contributed by atoms with Gasteiger partial charge in [0, 0.05) is 53.0 Å². The highest BCUT2D eigenvalue weighted by Crippen LogP contribution is 2.32. The molecule has 2 N–H and O–H groups in total. The molecule has 20 heavy (non-hydrogen) atoms. The Morgan fingerprint density at radius 3 is 2.30 bits per heavy atom. The first-order chi connectivity index (χ1) is 9.52. The van der Waals surface area contributed by atoms with E-state index in [0.29, 0.717) is 12.1 Å². The van der Waals surface area contributed by atoms with Crippen molar-refractivity contribution < 1.29 is 0 Å². The van der Waals surface area contributed by atoms with Gasteiger partial charge in [0.1, 0.15) is 0 Å². The summed E-state index contributed by atoms with van der Waals surface area (Å²) < 4.78 is 1.17. The molecule has 0 amide bonds. The fourth-order valence-corrected chi connectivity index (χ4v) is 4.66. The molecule has 2 heterocycles. The molecule has 5 heteroatoms. The minimum absolute atomic E-state index is 0.163. The van der Waals surface area contributed by atoms with Crippen molar-refractivity contribution in [3.8, 4) is 0 Å². The van der Waals surface area contributed by atoms with Crippen LogP contribution in [-0.4, -0.2) is 48.1 Å². The molecule has 114 valence electrons. The average Bonchev–Trinajstić information content (AvgIpc) is 2.85. The van der Waals surface area contributed by atoms with Crippen molar-refractivity contribution in [2.75, 3.05) is 26.2 Å². The van der Waals surface area contributed by atoms with Gasteiger partial charge in [-0.25, -0.2) is 0 Å². The topological polar surface area (TPSA) is 32.5 Å². The van der Waals surface area contributed by atoms with Crippen molar-refractivity contribution >= 4 is 27.3 Å². The van der Waals surface area contributed by atoms with Crippen molar-refractivity contribution in [1.82, 2.24) is 9.80 Å². The molecule has 3 atom stereocenters. The Hall–Kier alpha value is 0.0600. The first-order valence-corrected chi connectivity index (χ1v) is 9.17. The summed E-state index contributed by atoms with van der Waals surface area (Å²) in [6.45, 7) is 11.3. The highest BCUT2D eigenvalue weighted by atomic mass is 79.9. The first-order valence-electron chi connectivity index (χ1n) is 7.50. The van der Waals surface area contributed by atoms with Gasteiger partial charge in [-0.1, -0.05) is 6.92 Å². The molecular formula is C15H26BrN3S. The lowest BCUT2D eigenvalue weighted by molar-refractivity contribution is 0.0664. The number of halogens is 1. The molecule has 3 nitrogen and oxygen atoms in total. The molecule has 3 unspecified atom stereocenters. The highest BCUT2D eigenvalue weighted by molar-refractivity contribution is 9.10. The second-order valence-corrected chi connectivity index (χ2v) is 7.66. The molecule has 1 aromatic rings. The third-order valence-electron chi connectivity index (χ3n) is 4.33. The SMILES string of the molecule is CCC(C)N1CCN(C(c2cc(Br)cs2)C(C)N)CC1. The maximum atomic E-state index is 6.27. The molecular weight excluding hydrogens is 334 g/mol. The Morgan fingerprint density at radius 1 is 1.25 bits per heavy atom. The van der Waals surface area contributed by atoms with Crippen LogP contribution >= 0.6 is 27.3 Å². The van der Waals surface area contributed by atoms with Crippen molar-refractivity contribution in [3.05, 3.63) is 20.8 Å². The van der Waals surface area contributed by atoms with E-state index in [4.69, 9.17) is 5.73 Å². The normalized spacial score (nSPS) is 22.6. The Morgan fingerprint density at radius 2 is 1.85 bits per heavy atom. The number of piperazine rings is 1. The van der Waals surface area contributed by atoms with E-state index in [0.717, 1.165) is 26.2 Å². The van der Waals surface area contributed by atoms with Crippen LogP contribution in [0.2, 0.25) is 0 Å². The predicted molar refractivity (Wildman–Crippen MR) is 91.3 cm³/mol. The average molecular weight is 360 g/mol. The minimum atomic E-state index is 0.163. The van der Waals surface area contributed by atoms with Gasteiger partial charge in [0.15, 0.2) is 0 Å². The smallest absolute Gasteiger partial charge is 0.0592 e. The van der Waals surface area contributed by atoms with E-state index < -0.39 is 0 Å². The molecule has 1 fully saturated rings. The zero-order valence-electron chi connectivity index (χ0n) is 12.7. The van der Waals surface area contributed by atoms with Crippen LogP contribution in [0.5, 0.6) is 0 Å². The van der Waals surface area contributed by atoms with E-state index in [1.807, 2.05) is 11.3 Å². The van der Waals surface area contributed by atoms with Gasteiger partial charge in [-0.05, 0) is 42.3 Å². The van der Waals surface area contributed by atoms with Gasteiger partial charge in [-0.15, -0.1) is 11.3 Å². The summed E-state index contributed by atoms with van der Waals surface area (Å²) in [4.78, 5) is 6.53. The molecule has 0 saturated carbocycles. The summed E-state index contributed by atoms with van der Waals surface area (Å²) in [7, 11) is 0. The number of hydrogen-bond acceptors (Lipinski definition) is 4. The third-order valence-corrected chi connectivity index (χ3v) is 6.10. The number of rotatable bonds is 5. The van der Waals surface area contributed by atoms with E-state index in [9.17, 15) is 0 Å². The number of nitrogens with zero attached hydrogens (tertiary/aromatic N) is 2. The van der Waals surface area contributed by atoms with Crippen molar-refractivity contribution in [1.29, 1.82) is 0 Å². The molecule has 0 spiro atoms. The molecule has 1 aromatic heterocycles. The molecule has 2 rings (SSSR count). The largest absolute Gasteiger partial charge is 0.326 e. The van der Waals surface area contributed by atoms with Crippen molar-refractivity contribution in [2.24, 2.45) is 5.73 Å². The second-order valence-electron chi connectivity index (χ2n) is 5.80. The van der Waals surface area contributed by atoms with Crippen LogP contribution in [0.1, 0.15) is 38.1 Å². The van der Waals surface area contributed by atoms with Crippen LogP contribution in [-0.2, 0) is 0 Å². The van der Waals surface area contributed by atoms with Gasteiger partial charge in [-0.2, -0.15) is 0 Å². The van der Waals surface area contributed by atoms with Crippen LogP contribution in [0, 0.1) is 0 Å². The summed E-state index contributed by atoms with van der Waals surface area (Å²) in [5.41, 5.74) is 6.27. The van der Waals surface area contributed by atoms with Gasteiger partial charge in [-0.3, -0.25) is 9.80 Å². The molecule has 1 aliphatic rings. The molecule has 0 bridgehead atoms. The van der Waals surface area contributed by atoms with Gasteiger partial charge < -0.3 is 5.73 Å². The number of nitrogens with two attached hydrogens (primary N) is 1. The Balaban J connectivity index is 2.02. The quantitative estimate of drug-likeness (QED) is 0.874. The Bertz CT molecular complexity index is 413. The van der Waals surface area contributed by atoms with Crippen LogP contribution < -0.4 is 5.73 Å². The minimum Gasteiger partial charge on any atom is -0.326 e. The van der Waals surface area contributed by atoms with E-state index in [1.165, 1.54) is 15.8 Å². The highest BCUT2D eigenvalue weighted by Gasteiger charge is 2.29. The number of thiophene rings is 1. The lowest BCUT2D eigenvalue weighted by Gasteiger charge is -2.42. The van der Waals surface area contributed by atoms with Gasteiger partial charge >= 0.3 is 0 Å². The maximum absolute atomic E-state index is 6.27. The standard InChI is InChI=1S/C15H26BrN3S/c1-4-11(2)18-5-7-19(8-6-18)15(12(3)17)14-9-13(16)10-20-14/h9-12,15H,4-8,17H2,1-3H3. The van der Waals surface area contributed by atoms with E-state index in [1.54, 1.807) is 0 Å². The van der Waals surface area contributed by atoms with E-state index in [2.05, 4.69) is 57.9 Å². The zero-order chi connectivity index (χ0) is 14.7. The summed E-state index contributed by atoms with van der Waals surface area (Å²) in [6.07, 6.45) is 1.23. The van der Waals surface area contributed by atoms with Crippen LogP contribution in [0.4, 0.5) is 0 Å².